The Labute approximate surface area is 169 Å². The predicted octanol–water partition coefficient (Wildman–Crippen LogP) is 5.11. The normalized spacial score (nSPS) is 10.7. The monoisotopic (exact) mass is 450 g/mol. The molecule has 1 amide bonds. The van der Waals surface area contributed by atoms with E-state index in [1.807, 2.05) is 60.0 Å². The SMILES string of the molecule is CCn1c(SCC(=O)Nc2ccccc2Br)nnc1-c1ccc(Cl)cc1. The van der Waals surface area contributed by atoms with Crippen molar-refractivity contribution in [2.24, 2.45) is 0 Å². The fourth-order valence-corrected chi connectivity index (χ4v) is 3.68. The van der Waals surface area contributed by atoms with Gasteiger partial charge < -0.3 is 9.88 Å². The van der Waals surface area contributed by atoms with Crippen molar-refractivity contribution in [2.45, 2.75) is 18.6 Å². The first-order valence-electron chi connectivity index (χ1n) is 7.94. The van der Waals surface area contributed by atoms with Gasteiger partial charge in [0.15, 0.2) is 11.0 Å². The van der Waals surface area contributed by atoms with Crippen LogP contribution in [-0.4, -0.2) is 26.4 Å². The molecule has 1 heterocycles. The smallest absolute Gasteiger partial charge is 0.234 e. The Kier molecular flexibility index (Phi) is 6.34. The molecule has 134 valence electrons. The number of carbonyl (C=O) groups is 1. The van der Waals surface area contributed by atoms with E-state index in [2.05, 4.69) is 31.4 Å². The van der Waals surface area contributed by atoms with Crippen LogP contribution >= 0.6 is 39.3 Å². The second-order valence-corrected chi connectivity index (χ2v) is 7.61. The summed E-state index contributed by atoms with van der Waals surface area (Å²) >= 11 is 10.7. The minimum Gasteiger partial charge on any atom is -0.324 e. The van der Waals surface area contributed by atoms with Gasteiger partial charge in [0.05, 0.1) is 11.4 Å². The molecule has 5 nitrogen and oxygen atoms in total. The first-order chi connectivity index (χ1) is 12.6. The number of rotatable bonds is 6. The van der Waals surface area contributed by atoms with E-state index in [4.69, 9.17) is 11.6 Å². The summed E-state index contributed by atoms with van der Waals surface area (Å²) in [5, 5.41) is 12.8. The molecular weight excluding hydrogens is 436 g/mol. The summed E-state index contributed by atoms with van der Waals surface area (Å²) in [5.74, 6) is 0.915. The van der Waals surface area contributed by atoms with Gasteiger partial charge in [0.2, 0.25) is 5.91 Å². The zero-order chi connectivity index (χ0) is 18.5. The van der Waals surface area contributed by atoms with Gasteiger partial charge in [-0.25, -0.2) is 0 Å². The molecule has 3 rings (SSSR count). The molecule has 0 aliphatic rings. The Bertz CT molecular complexity index is 914. The van der Waals surface area contributed by atoms with E-state index < -0.39 is 0 Å². The second kappa shape index (κ2) is 8.70. The number of benzene rings is 2. The van der Waals surface area contributed by atoms with Crippen LogP contribution in [-0.2, 0) is 11.3 Å². The molecule has 1 aromatic heterocycles. The van der Waals surface area contributed by atoms with Crippen LogP contribution in [0.5, 0.6) is 0 Å². The molecule has 0 aliphatic heterocycles. The summed E-state index contributed by atoms with van der Waals surface area (Å²) in [5.41, 5.74) is 1.69. The maximum atomic E-state index is 12.2. The summed E-state index contributed by atoms with van der Waals surface area (Å²) in [6, 6.07) is 15.0. The number of hydrogen-bond acceptors (Lipinski definition) is 4. The third-order valence-corrected chi connectivity index (χ3v) is 5.53. The quantitative estimate of drug-likeness (QED) is 0.529. The lowest BCUT2D eigenvalue weighted by Gasteiger charge is -2.08. The molecule has 26 heavy (non-hydrogen) atoms. The Morgan fingerprint density at radius 3 is 2.62 bits per heavy atom. The van der Waals surface area contributed by atoms with Crippen LogP contribution in [0.2, 0.25) is 5.02 Å². The Hall–Kier alpha value is -1.83. The van der Waals surface area contributed by atoms with Crippen molar-refractivity contribution in [2.75, 3.05) is 11.1 Å². The predicted molar refractivity (Wildman–Crippen MR) is 110 cm³/mol. The number of carbonyl (C=O) groups excluding carboxylic acids is 1. The lowest BCUT2D eigenvalue weighted by Crippen LogP contribution is -2.15. The zero-order valence-electron chi connectivity index (χ0n) is 13.9. The number of nitrogens with one attached hydrogen (secondary N) is 1. The molecule has 0 bridgehead atoms. The van der Waals surface area contributed by atoms with E-state index in [0.717, 1.165) is 21.5 Å². The van der Waals surface area contributed by atoms with E-state index in [-0.39, 0.29) is 11.7 Å². The van der Waals surface area contributed by atoms with Gasteiger partial charge in [-0.15, -0.1) is 10.2 Å². The molecule has 0 spiro atoms. The average Bonchev–Trinajstić information content (AvgIpc) is 3.05. The van der Waals surface area contributed by atoms with Crippen molar-refractivity contribution < 1.29 is 4.79 Å². The Morgan fingerprint density at radius 1 is 1.19 bits per heavy atom. The van der Waals surface area contributed by atoms with Crippen molar-refractivity contribution in [3.63, 3.8) is 0 Å². The van der Waals surface area contributed by atoms with Gasteiger partial charge in [-0.05, 0) is 59.3 Å². The molecule has 0 radical (unpaired) electrons. The first kappa shape index (κ1) is 18.9. The third-order valence-electron chi connectivity index (χ3n) is 3.62. The van der Waals surface area contributed by atoms with Gasteiger partial charge in [-0.1, -0.05) is 35.5 Å². The zero-order valence-corrected chi connectivity index (χ0v) is 17.1. The van der Waals surface area contributed by atoms with Crippen LogP contribution in [0.1, 0.15) is 6.92 Å². The largest absolute Gasteiger partial charge is 0.324 e. The van der Waals surface area contributed by atoms with E-state index in [1.165, 1.54) is 11.8 Å². The summed E-state index contributed by atoms with van der Waals surface area (Å²) in [6.07, 6.45) is 0. The second-order valence-electron chi connectivity index (χ2n) is 5.37. The van der Waals surface area contributed by atoms with Gasteiger partial charge in [-0.2, -0.15) is 0 Å². The Balaban J connectivity index is 1.69. The minimum atomic E-state index is -0.0967. The van der Waals surface area contributed by atoms with Crippen LogP contribution in [0.25, 0.3) is 11.4 Å². The van der Waals surface area contributed by atoms with Crippen LogP contribution in [0, 0.1) is 0 Å². The third kappa shape index (κ3) is 4.47. The summed E-state index contributed by atoms with van der Waals surface area (Å²) < 4.78 is 2.83. The lowest BCUT2D eigenvalue weighted by molar-refractivity contribution is -0.113. The average molecular weight is 452 g/mol. The summed E-state index contributed by atoms with van der Waals surface area (Å²) in [4.78, 5) is 12.2. The molecule has 0 unspecified atom stereocenters. The number of para-hydroxylation sites is 1. The molecule has 0 saturated heterocycles. The van der Waals surface area contributed by atoms with Crippen molar-refractivity contribution in [1.29, 1.82) is 0 Å². The highest BCUT2D eigenvalue weighted by atomic mass is 79.9. The Morgan fingerprint density at radius 2 is 1.92 bits per heavy atom. The number of nitrogens with zero attached hydrogens (tertiary/aromatic N) is 3. The fraction of sp³-hybridized carbons (Fsp3) is 0.167. The number of halogens is 2. The fourth-order valence-electron chi connectivity index (χ4n) is 2.37. The van der Waals surface area contributed by atoms with Gasteiger partial charge in [0, 0.05) is 21.6 Å². The lowest BCUT2D eigenvalue weighted by atomic mass is 10.2. The highest BCUT2D eigenvalue weighted by Crippen LogP contribution is 2.26. The van der Waals surface area contributed by atoms with Gasteiger partial charge in [0.1, 0.15) is 0 Å². The standard InChI is InChI=1S/C18H16BrClN4OS/c1-2-24-17(12-7-9-13(20)10-8-12)22-23-18(24)26-11-16(25)21-15-6-4-3-5-14(15)19/h3-10H,2,11H2,1H3,(H,21,25). The molecule has 1 N–H and O–H groups in total. The molecule has 2 aromatic carbocycles. The van der Waals surface area contributed by atoms with Gasteiger partial charge in [0.25, 0.3) is 0 Å². The first-order valence-corrected chi connectivity index (χ1v) is 10.1. The number of amides is 1. The summed E-state index contributed by atoms with van der Waals surface area (Å²) in [6.45, 7) is 2.73. The van der Waals surface area contributed by atoms with Crippen LogP contribution < -0.4 is 5.32 Å². The van der Waals surface area contributed by atoms with Crippen molar-refractivity contribution >= 4 is 50.9 Å². The van der Waals surface area contributed by atoms with Gasteiger partial charge >= 0.3 is 0 Å². The minimum absolute atomic E-state index is 0.0967. The topological polar surface area (TPSA) is 59.8 Å². The van der Waals surface area contributed by atoms with Crippen molar-refractivity contribution in [3.05, 3.63) is 58.0 Å². The maximum absolute atomic E-state index is 12.2. The molecular formula is C18H16BrClN4OS. The molecule has 0 aliphatic carbocycles. The molecule has 3 aromatic rings. The molecule has 0 saturated carbocycles. The number of thioether (sulfide) groups is 1. The van der Waals surface area contributed by atoms with E-state index in [9.17, 15) is 4.79 Å². The van der Waals surface area contributed by atoms with Crippen LogP contribution in [0.4, 0.5) is 5.69 Å². The highest BCUT2D eigenvalue weighted by molar-refractivity contribution is 9.10. The van der Waals surface area contributed by atoms with E-state index in [1.54, 1.807) is 0 Å². The molecule has 0 fully saturated rings. The van der Waals surface area contributed by atoms with Crippen molar-refractivity contribution in [3.8, 4) is 11.4 Å². The van der Waals surface area contributed by atoms with E-state index in [0.29, 0.717) is 16.7 Å². The van der Waals surface area contributed by atoms with Crippen LogP contribution in [0.3, 0.4) is 0 Å². The summed E-state index contributed by atoms with van der Waals surface area (Å²) in [7, 11) is 0. The molecule has 0 atom stereocenters. The number of hydrogen-bond donors (Lipinski definition) is 1. The van der Waals surface area contributed by atoms with Gasteiger partial charge in [-0.3, -0.25) is 4.79 Å². The van der Waals surface area contributed by atoms with Crippen molar-refractivity contribution in [1.82, 2.24) is 14.8 Å². The number of aromatic nitrogens is 3. The maximum Gasteiger partial charge on any atom is 0.234 e. The van der Waals surface area contributed by atoms with E-state index >= 15 is 0 Å². The number of anilines is 1. The molecule has 8 heteroatoms. The van der Waals surface area contributed by atoms with Crippen LogP contribution in [0.15, 0.2) is 58.2 Å². The highest BCUT2D eigenvalue weighted by Gasteiger charge is 2.15.